The molecule has 6 nitrogen and oxygen atoms in total. The van der Waals surface area contributed by atoms with Gasteiger partial charge in [0, 0.05) is 36.4 Å². The van der Waals surface area contributed by atoms with E-state index >= 15 is 0 Å². The summed E-state index contributed by atoms with van der Waals surface area (Å²) in [6, 6.07) is 15.1. The molecule has 0 radical (unpaired) electrons. The molecule has 2 N–H and O–H groups in total. The van der Waals surface area contributed by atoms with E-state index in [2.05, 4.69) is 29.4 Å². The third-order valence-electron chi connectivity index (χ3n) is 6.03. The van der Waals surface area contributed by atoms with Crippen LogP contribution in [0.2, 0.25) is 0 Å². The number of carbonyl (C=O) groups is 2. The highest BCUT2D eigenvalue weighted by atomic mass is 16.5. The number of amides is 2. The molecule has 1 atom stereocenters. The Morgan fingerprint density at radius 3 is 2.23 bits per heavy atom. The maximum atomic E-state index is 12.8. The molecule has 0 saturated carbocycles. The van der Waals surface area contributed by atoms with Crippen molar-refractivity contribution in [2.24, 2.45) is 5.92 Å². The fraction of sp³-hybridized carbons (Fsp3) is 0.440. The Morgan fingerprint density at radius 1 is 0.968 bits per heavy atom. The second kappa shape index (κ2) is 10.3. The molecular formula is C25H33N3O3. The van der Waals surface area contributed by atoms with Crippen LogP contribution >= 0.6 is 0 Å². The zero-order chi connectivity index (χ0) is 22.4. The number of para-hydroxylation sites is 1. The van der Waals surface area contributed by atoms with E-state index in [1.807, 2.05) is 31.2 Å². The Labute approximate surface area is 185 Å². The summed E-state index contributed by atoms with van der Waals surface area (Å²) in [5.41, 5.74) is 2.29. The number of carbonyl (C=O) groups excluding carboxylic acids is 2. The Balaban J connectivity index is 1.59. The Bertz CT molecular complexity index is 887. The summed E-state index contributed by atoms with van der Waals surface area (Å²) in [5.74, 6) is 1.01. The summed E-state index contributed by atoms with van der Waals surface area (Å²) >= 11 is 0. The molecular weight excluding hydrogens is 390 g/mol. The minimum atomic E-state index is -0.0662. The van der Waals surface area contributed by atoms with Gasteiger partial charge in [0.1, 0.15) is 5.75 Å². The number of nitrogens with zero attached hydrogens (tertiary/aromatic N) is 1. The summed E-state index contributed by atoms with van der Waals surface area (Å²) in [6.07, 6.45) is 1.67. The van der Waals surface area contributed by atoms with E-state index < -0.39 is 0 Å². The first-order valence-corrected chi connectivity index (χ1v) is 11.0. The first kappa shape index (κ1) is 22.7. The van der Waals surface area contributed by atoms with Crippen LogP contribution in [0.25, 0.3) is 0 Å². The first-order valence-electron chi connectivity index (χ1n) is 11.0. The molecule has 0 bridgehead atoms. The van der Waals surface area contributed by atoms with E-state index in [-0.39, 0.29) is 23.9 Å². The van der Waals surface area contributed by atoms with E-state index in [0.717, 1.165) is 37.4 Å². The van der Waals surface area contributed by atoms with Crippen molar-refractivity contribution in [2.45, 2.75) is 45.7 Å². The Kier molecular flexibility index (Phi) is 7.55. The maximum absolute atomic E-state index is 12.8. The molecule has 0 spiro atoms. The van der Waals surface area contributed by atoms with E-state index in [1.54, 1.807) is 31.4 Å². The second-order valence-corrected chi connectivity index (χ2v) is 8.49. The molecule has 31 heavy (non-hydrogen) atoms. The normalized spacial score (nSPS) is 15.5. The van der Waals surface area contributed by atoms with Crippen molar-refractivity contribution >= 4 is 17.5 Å². The average molecular weight is 424 g/mol. The minimum Gasteiger partial charge on any atom is -0.497 e. The van der Waals surface area contributed by atoms with Crippen LogP contribution < -0.4 is 20.3 Å². The molecule has 2 aromatic rings. The monoisotopic (exact) mass is 423 g/mol. The Hall–Kier alpha value is -3.02. The molecule has 1 fully saturated rings. The quantitative estimate of drug-likeness (QED) is 0.709. The van der Waals surface area contributed by atoms with Crippen LogP contribution in [0, 0.1) is 5.92 Å². The fourth-order valence-corrected chi connectivity index (χ4v) is 3.67. The topological polar surface area (TPSA) is 70.7 Å². The predicted octanol–water partition coefficient (Wildman–Crippen LogP) is 3.87. The van der Waals surface area contributed by atoms with Gasteiger partial charge >= 0.3 is 0 Å². The molecule has 2 amide bonds. The standard InChI is InChI=1S/C25H33N3O3/c1-17(2)18(3)26-25(30)22-7-5-6-8-23(22)28-15-13-20(14-16-28)27-24(29)19-9-11-21(31-4)12-10-19/h5-12,17-18,20H,13-16H2,1-4H3,(H,26,30)(H,27,29)/t18-/m0/s1. The lowest BCUT2D eigenvalue weighted by Crippen LogP contribution is -2.45. The van der Waals surface area contributed by atoms with Gasteiger partial charge in [-0.05, 0) is 62.1 Å². The van der Waals surface area contributed by atoms with Gasteiger partial charge < -0.3 is 20.3 Å². The van der Waals surface area contributed by atoms with Crippen LogP contribution in [0.1, 0.15) is 54.3 Å². The van der Waals surface area contributed by atoms with Gasteiger partial charge in [0.15, 0.2) is 0 Å². The van der Waals surface area contributed by atoms with Crippen LogP contribution in [0.4, 0.5) is 5.69 Å². The molecule has 2 aromatic carbocycles. The van der Waals surface area contributed by atoms with Crippen LogP contribution in [-0.2, 0) is 0 Å². The van der Waals surface area contributed by atoms with Crippen molar-refractivity contribution in [3.05, 3.63) is 59.7 Å². The van der Waals surface area contributed by atoms with Crippen LogP contribution in [-0.4, -0.2) is 44.1 Å². The second-order valence-electron chi connectivity index (χ2n) is 8.49. The van der Waals surface area contributed by atoms with Crippen molar-refractivity contribution in [3.63, 3.8) is 0 Å². The number of ether oxygens (including phenoxy) is 1. The van der Waals surface area contributed by atoms with Gasteiger partial charge in [0.05, 0.1) is 12.7 Å². The summed E-state index contributed by atoms with van der Waals surface area (Å²) < 4.78 is 5.15. The zero-order valence-electron chi connectivity index (χ0n) is 18.9. The lowest BCUT2D eigenvalue weighted by Gasteiger charge is -2.35. The number of methoxy groups -OCH3 is 1. The maximum Gasteiger partial charge on any atom is 0.253 e. The largest absolute Gasteiger partial charge is 0.497 e. The van der Waals surface area contributed by atoms with E-state index in [1.165, 1.54) is 0 Å². The van der Waals surface area contributed by atoms with Crippen molar-refractivity contribution in [3.8, 4) is 5.75 Å². The number of anilines is 1. The van der Waals surface area contributed by atoms with Gasteiger partial charge in [-0.1, -0.05) is 26.0 Å². The lowest BCUT2D eigenvalue weighted by atomic mass is 10.0. The SMILES string of the molecule is COc1ccc(C(=O)NC2CCN(c3ccccc3C(=O)N[C@@H](C)C(C)C)CC2)cc1. The number of hydrogen-bond acceptors (Lipinski definition) is 4. The smallest absolute Gasteiger partial charge is 0.253 e. The molecule has 166 valence electrons. The lowest BCUT2D eigenvalue weighted by molar-refractivity contribution is 0.0925. The highest BCUT2D eigenvalue weighted by molar-refractivity contribution is 6.00. The summed E-state index contributed by atoms with van der Waals surface area (Å²) in [7, 11) is 1.61. The van der Waals surface area contributed by atoms with Gasteiger partial charge in [0.25, 0.3) is 11.8 Å². The number of piperidine rings is 1. The van der Waals surface area contributed by atoms with E-state index in [0.29, 0.717) is 17.0 Å². The molecule has 0 aliphatic carbocycles. The number of rotatable bonds is 7. The van der Waals surface area contributed by atoms with Crippen molar-refractivity contribution in [2.75, 3.05) is 25.1 Å². The number of benzene rings is 2. The first-order chi connectivity index (χ1) is 14.9. The molecule has 1 aliphatic rings. The third kappa shape index (κ3) is 5.78. The molecule has 0 unspecified atom stereocenters. The minimum absolute atomic E-state index is 0.0354. The van der Waals surface area contributed by atoms with E-state index in [4.69, 9.17) is 4.74 Å². The molecule has 1 heterocycles. The average Bonchev–Trinajstić information content (AvgIpc) is 2.79. The van der Waals surface area contributed by atoms with Crippen molar-refractivity contribution < 1.29 is 14.3 Å². The summed E-state index contributed by atoms with van der Waals surface area (Å²) in [6.45, 7) is 7.81. The fourth-order valence-electron chi connectivity index (χ4n) is 3.67. The van der Waals surface area contributed by atoms with Crippen molar-refractivity contribution in [1.82, 2.24) is 10.6 Å². The molecule has 1 aliphatic heterocycles. The van der Waals surface area contributed by atoms with Gasteiger partial charge in [-0.2, -0.15) is 0 Å². The predicted molar refractivity (Wildman–Crippen MR) is 124 cm³/mol. The van der Waals surface area contributed by atoms with Gasteiger partial charge in [-0.25, -0.2) is 0 Å². The molecule has 3 rings (SSSR count). The highest BCUT2D eigenvalue weighted by Crippen LogP contribution is 2.25. The summed E-state index contributed by atoms with van der Waals surface area (Å²) in [4.78, 5) is 27.6. The highest BCUT2D eigenvalue weighted by Gasteiger charge is 2.24. The van der Waals surface area contributed by atoms with Crippen LogP contribution in [0.15, 0.2) is 48.5 Å². The van der Waals surface area contributed by atoms with Gasteiger partial charge in [-0.15, -0.1) is 0 Å². The Morgan fingerprint density at radius 2 is 1.61 bits per heavy atom. The summed E-state index contributed by atoms with van der Waals surface area (Å²) in [5, 5.41) is 6.24. The molecule has 0 aromatic heterocycles. The number of hydrogen-bond donors (Lipinski definition) is 2. The van der Waals surface area contributed by atoms with Gasteiger partial charge in [0.2, 0.25) is 0 Å². The third-order valence-corrected chi connectivity index (χ3v) is 6.03. The molecule has 1 saturated heterocycles. The molecule has 6 heteroatoms. The van der Waals surface area contributed by atoms with E-state index in [9.17, 15) is 9.59 Å². The number of nitrogens with one attached hydrogen (secondary N) is 2. The zero-order valence-corrected chi connectivity index (χ0v) is 18.9. The van der Waals surface area contributed by atoms with Crippen LogP contribution in [0.5, 0.6) is 5.75 Å². The van der Waals surface area contributed by atoms with Gasteiger partial charge in [-0.3, -0.25) is 9.59 Å². The van der Waals surface area contributed by atoms with Crippen LogP contribution in [0.3, 0.4) is 0 Å². The van der Waals surface area contributed by atoms with Crippen molar-refractivity contribution in [1.29, 1.82) is 0 Å².